The van der Waals surface area contributed by atoms with Crippen LogP contribution in [0.1, 0.15) is 25.8 Å². The number of rotatable bonds is 11. The summed E-state index contributed by atoms with van der Waals surface area (Å²) >= 11 is 19.1. The second-order valence-electron chi connectivity index (χ2n) is 8.46. The van der Waals surface area contributed by atoms with Crippen LogP contribution in [0.2, 0.25) is 15.1 Å². The van der Waals surface area contributed by atoms with E-state index < -0.39 is 34.4 Å². The maximum atomic E-state index is 13.9. The molecule has 0 unspecified atom stereocenters. The van der Waals surface area contributed by atoms with E-state index in [2.05, 4.69) is 5.32 Å². The lowest BCUT2D eigenvalue weighted by atomic mass is 10.1. The lowest BCUT2D eigenvalue weighted by Gasteiger charge is -2.32. The van der Waals surface area contributed by atoms with Crippen LogP contribution < -0.4 is 9.62 Å². The average molecular weight is 597 g/mol. The molecule has 11 heteroatoms. The van der Waals surface area contributed by atoms with Crippen molar-refractivity contribution in [1.29, 1.82) is 0 Å². The van der Waals surface area contributed by atoms with E-state index in [0.29, 0.717) is 28.6 Å². The Bertz CT molecular complexity index is 1370. The molecule has 0 fully saturated rings. The van der Waals surface area contributed by atoms with Gasteiger partial charge in [0.25, 0.3) is 10.0 Å². The maximum Gasteiger partial charge on any atom is 0.264 e. The van der Waals surface area contributed by atoms with Gasteiger partial charge in [0, 0.05) is 28.7 Å². The van der Waals surface area contributed by atoms with Gasteiger partial charge in [-0.2, -0.15) is 0 Å². The summed E-state index contributed by atoms with van der Waals surface area (Å²) in [5.41, 5.74) is 0.569. The minimum atomic E-state index is -4.21. The second kappa shape index (κ2) is 13.3. The van der Waals surface area contributed by atoms with Crippen LogP contribution in [0.5, 0.6) is 0 Å². The van der Waals surface area contributed by atoms with Gasteiger partial charge in [0.15, 0.2) is 0 Å². The molecule has 0 saturated heterocycles. The summed E-state index contributed by atoms with van der Waals surface area (Å²) in [5.74, 6) is -1.03. The first-order valence-corrected chi connectivity index (χ1v) is 14.5. The third-order valence-corrected chi connectivity index (χ3v) is 8.64. The first-order chi connectivity index (χ1) is 18.1. The van der Waals surface area contributed by atoms with Crippen molar-refractivity contribution in [3.8, 4) is 0 Å². The molecule has 0 radical (unpaired) electrons. The number of hydrogen-bond acceptors (Lipinski definition) is 4. The van der Waals surface area contributed by atoms with Gasteiger partial charge in [-0.1, -0.05) is 78.1 Å². The molecule has 0 aromatic heterocycles. The first-order valence-electron chi connectivity index (χ1n) is 11.9. The standard InChI is InChI=1S/C27H28Cl3N3O4S/c1-3-16-31-27(35)19(2)32(17-21-22(28)13-9-14-23(21)29)26(34)18-33(25-15-8-7-12-24(25)30)38(36,37)20-10-5-4-6-11-20/h4-15,19H,3,16-18H2,1-2H3,(H,31,35)/t19-/m0/s1. The summed E-state index contributed by atoms with van der Waals surface area (Å²) in [7, 11) is -4.21. The highest BCUT2D eigenvalue weighted by molar-refractivity contribution is 7.92. The summed E-state index contributed by atoms with van der Waals surface area (Å²) < 4.78 is 28.4. The van der Waals surface area contributed by atoms with E-state index in [9.17, 15) is 18.0 Å². The molecule has 202 valence electrons. The van der Waals surface area contributed by atoms with Gasteiger partial charge in [-0.3, -0.25) is 13.9 Å². The van der Waals surface area contributed by atoms with Gasteiger partial charge in [-0.15, -0.1) is 0 Å². The predicted molar refractivity (Wildman–Crippen MR) is 152 cm³/mol. The zero-order valence-corrected chi connectivity index (χ0v) is 24.0. The number of sulfonamides is 1. The molecule has 0 aliphatic rings. The van der Waals surface area contributed by atoms with Crippen LogP contribution in [-0.2, 0) is 26.2 Å². The molecule has 0 heterocycles. The lowest BCUT2D eigenvalue weighted by molar-refractivity contribution is -0.139. The number of nitrogens with one attached hydrogen (secondary N) is 1. The quantitative estimate of drug-likeness (QED) is 0.304. The van der Waals surface area contributed by atoms with Crippen LogP contribution in [0.25, 0.3) is 0 Å². The SMILES string of the molecule is CCCNC(=O)[C@H](C)N(Cc1c(Cl)cccc1Cl)C(=O)CN(c1ccccc1Cl)S(=O)(=O)c1ccccc1. The Hall–Kier alpha value is -2.78. The number of carbonyl (C=O) groups excluding carboxylic acids is 2. The Morgan fingerprint density at radius 1 is 0.868 bits per heavy atom. The third kappa shape index (κ3) is 6.99. The molecule has 0 spiro atoms. The fraction of sp³-hybridized carbons (Fsp3) is 0.259. The number of amides is 2. The molecule has 2 amide bonds. The highest BCUT2D eigenvalue weighted by atomic mass is 35.5. The highest BCUT2D eigenvalue weighted by Crippen LogP contribution is 2.31. The van der Waals surface area contributed by atoms with E-state index in [1.54, 1.807) is 55.5 Å². The molecular formula is C27H28Cl3N3O4S. The van der Waals surface area contributed by atoms with Crippen molar-refractivity contribution in [3.63, 3.8) is 0 Å². The van der Waals surface area contributed by atoms with Crippen molar-refractivity contribution in [1.82, 2.24) is 10.2 Å². The van der Waals surface area contributed by atoms with Crippen molar-refractivity contribution in [2.75, 3.05) is 17.4 Å². The Morgan fingerprint density at radius 3 is 2.05 bits per heavy atom. The van der Waals surface area contributed by atoms with Gasteiger partial charge in [0.2, 0.25) is 11.8 Å². The smallest absolute Gasteiger partial charge is 0.264 e. The summed E-state index contributed by atoms with van der Waals surface area (Å²) in [6.45, 7) is 3.17. The number of carbonyl (C=O) groups is 2. The topological polar surface area (TPSA) is 86.8 Å². The van der Waals surface area contributed by atoms with Crippen LogP contribution in [0.15, 0.2) is 77.7 Å². The minimum Gasteiger partial charge on any atom is -0.354 e. The zero-order valence-electron chi connectivity index (χ0n) is 20.9. The van der Waals surface area contributed by atoms with Gasteiger partial charge in [-0.25, -0.2) is 8.42 Å². The Balaban J connectivity index is 2.06. The van der Waals surface area contributed by atoms with Gasteiger partial charge in [0.1, 0.15) is 12.6 Å². The van der Waals surface area contributed by atoms with E-state index in [1.807, 2.05) is 6.92 Å². The Kier molecular flexibility index (Phi) is 10.4. The number of benzene rings is 3. The molecule has 1 N–H and O–H groups in total. The molecule has 0 bridgehead atoms. The number of nitrogens with zero attached hydrogens (tertiary/aromatic N) is 2. The van der Waals surface area contributed by atoms with Crippen LogP contribution >= 0.6 is 34.8 Å². The third-order valence-electron chi connectivity index (χ3n) is 5.84. The molecule has 0 saturated carbocycles. The van der Waals surface area contributed by atoms with Crippen molar-refractivity contribution < 1.29 is 18.0 Å². The van der Waals surface area contributed by atoms with Crippen molar-refractivity contribution in [2.24, 2.45) is 0 Å². The monoisotopic (exact) mass is 595 g/mol. The molecule has 3 rings (SSSR count). The predicted octanol–water partition coefficient (Wildman–Crippen LogP) is 5.79. The number of anilines is 1. The number of halogens is 3. The van der Waals surface area contributed by atoms with Crippen molar-refractivity contribution in [2.45, 2.75) is 37.8 Å². The maximum absolute atomic E-state index is 13.9. The van der Waals surface area contributed by atoms with Crippen LogP contribution in [0.3, 0.4) is 0 Å². The molecule has 3 aromatic carbocycles. The molecule has 1 atom stereocenters. The fourth-order valence-corrected chi connectivity index (χ4v) is 5.98. The normalized spacial score (nSPS) is 12.0. The Labute approximate surface area is 238 Å². The van der Waals surface area contributed by atoms with Crippen LogP contribution in [0.4, 0.5) is 5.69 Å². The molecule has 0 aliphatic carbocycles. The van der Waals surface area contributed by atoms with Gasteiger partial charge in [-0.05, 0) is 49.7 Å². The largest absolute Gasteiger partial charge is 0.354 e. The summed E-state index contributed by atoms with van der Waals surface area (Å²) in [4.78, 5) is 28.0. The average Bonchev–Trinajstić information content (AvgIpc) is 2.90. The highest BCUT2D eigenvalue weighted by Gasteiger charge is 2.33. The molecular weight excluding hydrogens is 569 g/mol. The van der Waals surface area contributed by atoms with Crippen molar-refractivity contribution in [3.05, 3.63) is 93.4 Å². The minimum absolute atomic E-state index is 0.0119. The van der Waals surface area contributed by atoms with E-state index in [0.717, 1.165) is 4.31 Å². The molecule has 38 heavy (non-hydrogen) atoms. The summed E-state index contributed by atoms with van der Waals surface area (Å²) in [6, 6.07) is 18.1. The summed E-state index contributed by atoms with van der Waals surface area (Å²) in [6.07, 6.45) is 0.707. The fourth-order valence-electron chi connectivity index (χ4n) is 3.72. The van der Waals surface area contributed by atoms with E-state index in [1.165, 1.54) is 29.2 Å². The van der Waals surface area contributed by atoms with E-state index in [-0.39, 0.29) is 22.2 Å². The number of hydrogen-bond donors (Lipinski definition) is 1. The van der Waals surface area contributed by atoms with Gasteiger partial charge < -0.3 is 10.2 Å². The molecule has 7 nitrogen and oxygen atoms in total. The van der Waals surface area contributed by atoms with Gasteiger partial charge in [0.05, 0.1) is 15.6 Å². The molecule has 0 aliphatic heterocycles. The van der Waals surface area contributed by atoms with E-state index in [4.69, 9.17) is 34.8 Å². The van der Waals surface area contributed by atoms with Crippen LogP contribution in [-0.4, -0.2) is 44.3 Å². The second-order valence-corrected chi connectivity index (χ2v) is 11.5. The lowest BCUT2D eigenvalue weighted by Crippen LogP contribution is -2.51. The first kappa shape index (κ1) is 29.8. The van der Waals surface area contributed by atoms with Crippen molar-refractivity contribution >= 4 is 62.3 Å². The van der Waals surface area contributed by atoms with Crippen LogP contribution in [0, 0.1) is 0 Å². The van der Waals surface area contributed by atoms with E-state index >= 15 is 0 Å². The number of para-hydroxylation sites is 1. The molecule has 3 aromatic rings. The summed E-state index contributed by atoms with van der Waals surface area (Å²) in [5, 5.41) is 3.56. The zero-order chi connectivity index (χ0) is 27.9. The van der Waals surface area contributed by atoms with Gasteiger partial charge >= 0.3 is 0 Å². The Morgan fingerprint density at radius 2 is 1.45 bits per heavy atom.